The van der Waals surface area contributed by atoms with Crippen molar-refractivity contribution in [2.45, 2.75) is 25.3 Å². The molecule has 15 heavy (non-hydrogen) atoms. The van der Waals surface area contributed by atoms with E-state index in [-0.39, 0.29) is 5.54 Å². The van der Waals surface area contributed by atoms with Gasteiger partial charge in [0.15, 0.2) is 0 Å². The fourth-order valence-electron chi connectivity index (χ4n) is 1.39. The second kappa shape index (κ2) is 3.96. The number of halogens is 2. The molecule has 1 aliphatic rings. The Morgan fingerprint density at radius 1 is 1.53 bits per heavy atom. The highest BCUT2D eigenvalue weighted by Gasteiger charge is 2.39. The van der Waals surface area contributed by atoms with E-state index >= 15 is 0 Å². The van der Waals surface area contributed by atoms with Crippen molar-refractivity contribution in [2.75, 3.05) is 6.61 Å². The molecule has 0 radical (unpaired) electrons. The van der Waals surface area contributed by atoms with E-state index in [4.69, 9.17) is 22.1 Å². The number of ether oxygens (including phenoxy) is 1. The van der Waals surface area contributed by atoms with Gasteiger partial charge in [0.05, 0.1) is 10.6 Å². The lowest BCUT2D eigenvalue weighted by molar-refractivity contribution is 0.278. The van der Waals surface area contributed by atoms with Gasteiger partial charge in [-0.25, -0.2) is 0 Å². The van der Waals surface area contributed by atoms with Gasteiger partial charge in [-0.3, -0.25) is 0 Å². The average molecular weight is 291 g/mol. The summed E-state index contributed by atoms with van der Waals surface area (Å²) in [5, 5.41) is 0.631. The number of nitrogens with two attached hydrogens (primary N) is 1. The molecule has 4 heteroatoms. The van der Waals surface area contributed by atoms with Gasteiger partial charge in [-0.15, -0.1) is 0 Å². The zero-order valence-corrected chi connectivity index (χ0v) is 10.9. The number of benzene rings is 1. The fraction of sp³-hybridized carbons (Fsp3) is 0.455. The van der Waals surface area contributed by atoms with Crippen molar-refractivity contribution in [3.8, 4) is 5.75 Å². The van der Waals surface area contributed by atoms with Crippen LogP contribution in [0.15, 0.2) is 16.6 Å². The first-order valence-corrected chi connectivity index (χ1v) is 6.05. The van der Waals surface area contributed by atoms with Crippen molar-refractivity contribution in [1.29, 1.82) is 0 Å². The van der Waals surface area contributed by atoms with E-state index in [2.05, 4.69) is 15.9 Å². The second-order valence-corrected chi connectivity index (χ2v) is 5.51. The van der Waals surface area contributed by atoms with E-state index < -0.39 is 0 Å². The van der Waals surface area contributed by atoms with Gasteiger partial charge in [0, 0.05) is 4.47 Å². The van der Waals surface area contributed by atoms with Gasteiger partial charge in [0.1, 0.15) is 12.4 Å². The monoisotopic (exact) mass is 289 g/mol. The molecule has 0 unspecified atom stereocenters. The lowest BCUT2D eigenvalue weighted by Crippen LogP contribution is -2.30. The summed E-state index contributed by atoms with van der Waals surface area (Å²) in [6.45, 7) is 2.53. The quantitative estimate of drug-likeness (QED) is 0.927. The molecule has 2 rings (SSSR count). The zero-order valence-electron chi connectivity index (χ0n) is 8.52. The third-order valence-corrected chi connectivity index (χ3v) is 3.33. The van der Waals surface area contributed by atoms with Crippen molar-refractivity contribution < 1.29 is 4.74 Å². The highest BCUT2D eigenvalue weighted by molar-refractivity contribution is 9.10. The van der Waals surface area contributed by atoms with Crippen LogP contribution < -0.4 is 10.5 Å². The van der Waals surface area contributed by atoms with Gasteiger partial charge in [-0.05, 0) is 37.5 Å². The van der Waals surface area contributed by atoms with Gasteiger partial charge in [0.2, 0.25) is 0 Å². The second-order valence-electron chi connectivity index (χ2n) is 4.18. The topological polar surface area (TPSA) is 35.2 Å². The van der Waals surface area contributed by atoms with E-state index in [1.54, 1.807) is 0 Å². The smallest absolute Gasteiger partial charge is 0.140 e. The highest BCUT2D eigenvalue weighted by Crippen LogP contribution is 2.36. The van der Waals surface area contributed by atoms with Gasteiger partial charge in [-0.1, -0.05) is 27.5 Å². The number of aryl methyl sites for hydroxylation is 1. The van der Waals surface area contributed by atoms with Crippen molar-refractivity contribution >= 4 is 27.5 Å². The summed E-state index contributed by atoms with van der Waals surface area (Å²) in [7, 11) is 0. The molecule has 2 N–H and O–H groups in total. The predicted molar refractivity (Wildman–Crippen MR) is 65.5 cm³/mol. The van der Waals surface area contributed by atoms with Crippen molar-refractivity contribution in [3.05, 3.63) is 27.2 Å². The third kappa shape index (κ3) is 2.65. The largest absolute Gasteiger partial charge is 0.490 e. The molecule has 1 aromatic rings. The predicted octanol–water partition coefficient (Wildman–Crippen LogP) is 3.28. The van der Waals surface area contributed by atoms with Crippen molar-refractivity contribution in [1.82, 2.24) is 0 Å². The van der Waals surface area contributed by atoms with Crippen LogP contribution in [0, 0.1) is 6.92 Å². The molecule has 1 aliphatic carbocycles. The van der Waals surface area contributed by atoms with Crippen LogP contribution in [0.5, 0.6) is 5.75 Å². The molecule has 0 heterocycles. The Morgan fingerprint density at radius 3 is 2.73 bits per heavy atom. The molecule has 1 saturated carbocycles. The summed E-state index contributed by atoms with van der Waals surface area (Å²) >= 11 is 9.47. The van der Waals surface area contributed by atoms with Crippen molar-refractivity contribution in [3.63, 3.8) is 0 Å². The molecule has 1 fully saturated rings. The lowest BCUT2D eigenvalue weighted by Gasteiger charge is -2.14. The first-order chi connectivity index (χ1) is 7.00. The summed E-state index contributed by atoms with van der Waals surface area (Å²) in [4.78, 5) is 0. The summed E-state index contributed by atoms with van der Waals surface area (Å²) in [6, 6.07) is 3.82. The molecule has 1 aromatic carbocycles. The Hall–Kier alpha value is -0.250. The van der Waals surface area contributed by atoms with Crippen LogP contribution in [0.3, 0.4) is 0 Å². The maximum Gasteiger partial charge on any atom is 0.140 e. The van der Waals surface area contributed by atoms with E-state index in [1.807, 2.05) is 19.1 Å². The Bertz CT molecular complexity index is 367. The van der Waals surface area contributed by atoms with Crippen LogP contribution >= 0.6 is 27.5 Å². The SMILES string of the molecule is Cc1cc(Br)cc(Cl)c1OCC1(N)CC1. The number of rotatable bonds is 3. The molecular weight excluding hydrogens is 277 g/mol. The molecule has 0 amide bonds. The van der Waals surface area contributed by atoms with Crippen LogP contribution in [0.1, 0.15) is 18.4 Å². The Morgan fingerprint density at radius 2 is 2.20 bits per heavy atom. The van der Waals surface area contributed by atoms with Crippen molar-refractivity contribution in [2.24, 2.45) is 5.73 Å². The molecule has 2 nitrogen and oxygen atoms in total. The van der Waals surface area contributed by atoms with Crippen LogP contribution in [0.2, 0.25) is 5.02 Å². The summed E-state index contributed by atoms with van der Waals surface area (Å²) in [6.07, 6.45) is 2.08. The van der Waals surface area contributed by atoms with Gasteiger partial charge < -0.3 is 10.5 Å². The average Bonchev–Trinajstić information content (AvgIpc) is 2.82. The molecule has 0 aliphatic heterocycles. The first kappa shape index (κ1) is 11.2. The molecule has 0 bridgehead atoms. The third-order valence-electron chi connectivity index (χ3n) is 2.59. The fourth-order valence-corrected chi connectivity index (χ4v) is 2.42. The molecule has 0 atom stereocenters. The van der Waals surface area contributed by atoms with E-state index in [9.17, 15) is 0 Å². The zero-order chi connectivity index (χ0) is 11.1. The van der Waals surface area contributed by atoms with E-state index in [1.165, 1.54) is 0 Å². The molecule has 0 aromatic heterocycles. The van der Waals surface area contributed by atoms with Gasteiger partial charge >= 0.3 is 0 Å². The Balaban J connectivity index is 2.13. The van der Waals surface area contributed by atoms with Crippen LogP contribution in [-0.4, -0.2) is 12.1 Å². The number of hydrogen-bond donors (Lipinski definition) is 1. The van der Waals surface area contributed by atoms with E-state index in [0.717, 1.165) is 28.6 Å². The molecule has 0 saturated heterocycles. The minimum absolute atomic E-state index is 0.108. The van der Waals surface area contributed by atoms with E-state index in [0.29, 0.717) is 11.6 Å². The Kier molecular flexibility index (Phi) is 2.97. The first-order valence-electron chi connectivity index (χ1n) is 4.87. The normalized spacial score (nSPS) is 17.6. The summed E-state index contributed by atoms with van der Waals surface area (Å²) < 4.78 is 6.64. The maximum atomic E-state index is 6.09. The summed E-state index contributed by atoms with van der Waals surface area (Å²) in [5.74, 6) is 0.747. The van der Waals surface area contributed by atoms with Gasteiger partial charge in [0.25, 0.3) is 0 Å². The Labute approximate surface area is 103 Å². The maximum absolute atomic E-state index is 6.09. The van der Waals surface area contributed by atoms with Crippen LogP contribution in [-0.2, 0) is 0 Å². The standard InChI is InChI=1S/C11H13BrClNO/c1-7-4-8(12)5-9(13)10(7)15-6-11(14)2-3-11/h4-5H,2-3,6,14H2,1H3. The van der Waals surface area contributed by atoms with Gasteiger partial charge in [-0.2, -0.15) is 0 Å². The lowest BCUT2D eigenvalue weighted by atomic mass is 10.2. The molecule has 0 spiro atoms. The van der Waals surface area contributed by atoms with Crippen LogP contribution in [0.25, 0.3) is 0 Å². The highest BCUT2D eigenvalue weighted by atomic mass is 79.9. The van der Waals surface area contributed by atoms with Crippen LogP contribution in [0.4, 0.5) is 0 Å². The summed E-state index contributed by atoms with van der Waals surface area (Å²) in [5.41, 5.74) is 6.87. The minimum atomic E-state index is -0.108. The molecular formula is C11H13BrClNO. The number of hydrogen-bond acceptors (Lipinski definition) is 2. The minimum Gasteiger partial charge on any atom is -0.490 e. The molecule has 82 valence electrons.